The van der Waals surface area contributed by atoms with Crippen LogP contribution in [0, 0.1) is 0 Å². The molecule has 0 aliphatic heterocycles. The molecule has 2 aromatic heterocycles. The molecule has 0 amide bonds. The molecule has 2 heterocycles. The minimum atomic E-state index is 0.770. The van der Waals surface area contributed by atoms with Gasteiger partial charge in [-0.1, -0.05) is 37.3 Å². The summed E-state index contributed by atoms with van der Waals surface area (Å²) in [4.78, 5) is 8.61. The van der Waals surface area contributed by atoms with Gasteiger partial charge in [0.2, 0.25) is 0 Å². The Hall–Kier alpha value is -2.69. The SMILES string of the molecule is CCc1c(Nc2cc(-c3ccccc3)ncn2)cnn1C. The lowest BCUT2D eigenvalue weighted by molar-refractivity contribution is 0.719. The number of hydrogen-bond acceptors (Lipinski definition) is 4. The summed E-state index contributed by atoms with van der Waals surface area (Å²) in [5.74, 6) is 0.770. The number of aromatic nitrogens is 4. The van der Waals surface area contributed by atoms with Gasteiger partial charge >= 0.3 is 0 Å². The molecule has 106 valence electrons. The summed E-state index contributed by atoms with van der Waals surface area (Å²) >= 11 is 0. The molecule has 3 rings (SSSR count). The van der Waals surface area contributed by atoms with Crippen LogP contribution >= 0.6 is 0 Å². The van der Waals surface area contributed by atoms with Crippen LogP contribution in [0.5, 0.6) is 0 Å². The zero-order valence-corrected chi connectivity index (χ0v) is 12.1. The molecule has 0 spiro atoms. The first kappa shape index (κ1) is 13.3. The number of rotatable bonds is 4. The van der Waals surface area contributed by atoms with Crippen molar-refractivity contribution in [3.8, 4) is 11.3 Å². The summed E-state index contributed by atoms with van der Waals surface area (Å²) in [5, 5.41) is 7.59. The fourth-order valence-electron chi connectivity index (χ4n) is 2.32. The highest BCUT2D eigenvalue weighted by molar-refractivity contribution is 5.65. The molecule has 0 radical (unpaired) electrons. The molecule has 5 nitrogen and oxygen atoms in total. The molecule has 1 aromatic carbocycles. The third kappa shape index (κ3) is 2.76. The monoisotopic (exact) mass is 279 g/mol. The normalized spacial score (nSPS) is 10.6. The number of benzene rings is 1. The minimum Gasteiger partial charge on any atom is -0.337 e. The van der Waals surface area contributed by atoms with Crippen molar-refractivity contribution in [2.45, 2.75) is 13.3 Å². The van der Waals surface area contributed by atoms with E-state index in [1.54, 1.807) is 6.33 Å². The summed E-state index contributed by atoms with van der Waals surface area (Å²) in [6.07, 6.45) is 4.31. The highest BCUT2D eigenvalue weighted by Gasteiger charge is 2.08. The van der Waals surface area contributed by atoms with E-state index in [0.29, 0.717) is 0 Å². The highest BCUT2D eigenvalue weighted by atomic mass is 15.3. The number of nitrogens with one attached hydrogen (secondary N) is 1. The van der Waals surface area contributed by atoms with Gasteiger partial charge < -0.3 is 5.32 Å². The van der Waals surface area contributed by atoms with Crippen LogP contribution in [0.2, 0.25) is 0 Å². The first-order valence-corrected chi connectivity index (χ1v) is 6.93. The van der Waals surface area contributed by atoms with Gasteiger partial charge in [0.15, 0.2) is 0 Å². The van der Waals surface area contributed by atoms with Gasteiger partial charge in [-0.3, -0.25) is 4.68 Å². The molecular weight excluding hydrogens is 262 g/mol. The Bertz CT molecular complexity index is 733. The molecule has 3 aromatic rings. The van der Waals surface area contributed by atoms with E-state index < -0.39 is 0 Å². The second-order valence-corrected chi connectivity index (χ2v) is 4.76. The lowest BCUT2D eigenvalue weighted by Gasteiger charge is -2.07. The number of anilines is 2. The van der Waals surface area contributed by atoms with E-state index in [0.717, 1.165) is 34.9 Å². The molecule has 0 aliphatic rings. The van der Waals surface area contributed by atoms with Gasteiger partial charge in [-0.2, -0.15) is 5.10 Å². The van der Waals surface area contributed by atoms with E-state index in [9.17, 15) is 0 Å². The molecule has 0 bridgehead atoms. The van der Waals surface area contributed by atoms with Crippen molar-refractivity contribution in [2.24, 2.45) is 7.05 Å². The van der Waals surface area contributed by atoms with Crippen LogP contribution in [0.15, 0.2) is 48.9 Å². The van der Waals surface area contributed by atoms with Crippen molar-refractivity contribution in [1.29, 1.82) is 0 Å². The third-order valence-corrected chi connectivity index (χ3v) is 3.40. The van der Waals surface area contributed by atoms with Gasteiger partial charge in [0.25, 0.3) is 0 Å². The Balaban J connectivity index is 1.90. The molecule has 1 N–H and O–H groups in total. The summed E-state index contributed by atoms with van der Waals surface area (Å²) in [6, 6.07) is 12.0. The molecule has 0 unspecified atom stereocenters. The molecule has 21 heavy (non-hydrogen) atoms. The molecule has 0 saturated heterocycles. The largest absolute Gasteiger partial charge is 0.337 e. The Morgan fingerprint density at radius 3 is 2.71 bits per heavy atom. The van der Waals surface area contributed by atoms with Crippen LogP contribution in [0.4, 0.5) is 11.5 Å². The molecule has 5 heteroatoms. The molecule has 0 saturated carbocycles. The second-order valence-electron chi connectivity index (χ2n) is 4.76. The lowest BCUT2D eigenvalue weighted by Crippen LogP contribution is -2.00. The first-order chi connectivity index (χ1) is 10.3. The maximum Gasteiger partial charge on any atom is 0.134 e. The second kappa shape index (κ2) is 5.75. The summed E-state index contributed by atoms with van der Waals surface area (Å²) in [7, 11) is 1.94. The fraction of sp³-hybridized carbons (Fsp3) is 0.188. The fourth-order valence-corrected chi connectivity index (χ4v) is 2.32. The van der Waals surface area contributed by atoms with Crippen LogP contribution in [0.1, 0.15) is 12.6 Å². The third-order valence-electron chi connectivity index (χ3n) is 3.40. The van der Waals surface area contributed by atoms with Crippen LogP contribution in [-0.4, -0.2) is 19.7 Å². The van der Waals surface area contributed by atoms with Gasteiger partial charge in [0.05, 0.1) is 23.3 Å². The van der Waals surface area contributed by atoms with Crippen LogP contribution in [0.3, 0.4) is 0 Å². The number of hydrogen-bond donors (Lipinski definition) is 1. The van der Waals surface area contributed by atoms with E-state index in [2.05, 4.69) is 27.3 Å². The smallest absolute Gasteiger partial charge is 0.134 e. The van der Waals surface area contributed by atoms with Gasteiger partial charge in [-0.05, 0) is 6.42 Å². The minimum absolute atomic E-state index is 0.770. The summed E-state index contributed by atoms with van der Waals surface area (Å²) in [6.45, 7) is 2.11. The van der Waals surface area contributed by atoms with Gasteiger partial charge in [-0.15, -0.1) is 0 Å². The van der Waals surface area contributed by atoms with Gasteiger partial charge in [0, 0.05) is 18.7 Å². The topological polar surface area (TPSA) is 55.6 Å². The number of nitrogens with zero attached hydrogens (tertiary/aromatic N) is 4. The predicted molar refractivity (Wildman–Crippen MR) is 83.3 cm³/mol. The summed E-state index contributed by atoms with van der Waals surface area (Å²) in [5.41, 5.74) is 4.10. The van der Waals surface area contributed by atoms with Gasteiger partial charge in [0.1, 0.15) is 12.1 Å². The number of aryl methyl sites for hydroxylation is 1. The summed E-state index contributed by atoms with van der Waals surface area (Å²) < 4.78 is 1.88. The average molecular weight is 279 g/mol. The zero-order chi connectivity index (χ0) is 14.7. The Morgan fingerprint density at radius 2 is 1.95 bits per heavy atom. The standard InChI is InChI=1S/C16H17N5/c1-3-15-14(10-19-21(15)2)20-16-9-13(17-11-18-16)12-7-5-4-6-8-12/h4-11H,3H2,1-2H3,(H,17,18,20). The first-order valence-electron chi connectivity index (χ1n) is 6.93. The van der Waals surface area contributed by atoms with E-state index in [-0.39, 0.29) is 0 Å². The van der Waals surface area contributed by atoms with Crippen molar-refractivity contribution in [1.82, 2.24) is 19.7 Å². The highest BCUT2D eigenvalue weighted by Crippen LogP contribution is 2.22. The molecular formula is C16H17N5. The van der Waals surface area contributed by atoms with Crippen molar-refractivity contribution in [3.05, 3.63) is 54.6 Å². The van der Waals surface area contributed by atoms with E-state index in [1.165, 1.54) is 0 Å². The van der Waals surface area contributed by atoms with Crippen molar-refractivity contribution in [3.63, 3.8) is 0 Å². The van der Waals surface area contributed by atoms with Crippen LogP contribution in [0.25, 0.3) is 11.3 Å². The quantitative estimate of drug-likeness (QED) is 0.797. The van der Waals surface area contributed by atoms with Crippen molar-refractivity contribution >= 4 is 11.5 Å². The molecule has 0 atom stereocenters. The maximum atomic E-state index is 4.33. The Morgan fingerprint density at radius 1 is 1.14 bits per heavy atom. The van der Waals surface area contributed by atoms with Crippen LogP contribution < -0.4 is 5.32 Å². The van der Waals surface area contributed by atoms with Crippen LogP contribution in [-0.2, 0) is 13.5 Å². The van der Waals surface area contributed by atoms with E-state index in [1.807, 2.05) is 54.3 Å². The predicted octanol–water partition coefficient (Wildman–Crippen LogP) is 3.18. The van der Waals surface area contributed by atoms with E-state index in [4.69, 9.17) is 0 Å². The van der Waals surface area contributed by atoms with Gasteiger partial charge in [-0.25, -0.2) is 9.97 Å². The average Bonchev–Trinajstić information content (AvgIpc) is 2.88. The van der Waals surface area contributed by atoms with E-state index >= 15 is 0 Å². The zero-order valence-electron chi connectivity index (χ0n) is 12.1. The molecule has 0 fully saturated rings. The molecule has 0 aliphatic carbocycles. The maximum absolute atomic E-state index is 4.33. The Kier molecular flexibility index (Phi) is 3.64. The Labute approximate surface area is 123 Å². The lowest BCUT2D eigenvalue weighted by atomic mass is 10.1. The van der Waals surface area contributed by atoms with Crippen molar-refractivity contribution in [2.75, 3.05) is 5.32 Å². The van der Waals surface area contributed by atoms with Crippen molar-refractivity contribution < 1.29 is 0 Å².